The van der Waals surface area contributed by atoms with Crippen molar-refractivity contribution in [2.24, 2.45) is 0 Å². The Morgan fingerprint density at radius 1 is 0.727 bits per heavy atom. The predicted molar refractivity (Wildman–Crippen MR) is 16.5 cm³/mol. The molecule has 0 atom stereocenters. The fourth-order valence-corrected chi connectivity index (χ4v) is 0.161. The Morgan fingerprint density at radius 3 is 0.909 bits per heavy atom. The molecule has 0 aromatic rings. The van der Waals surface area contributed by atoms with Gasteiger partial charge in [-0.25, -0.2) is 26.3 Å². The van der Waals surface area contributed by atoms with Gasteiger partial charge in [-0.1, -0.05) is 0 Å². The summed E-state index contributed by atoms with van der Waals surface area (Å²) in [5.41, 5.74) is 0. The maximum Gasteiger partial charge on any atom is 0.307 e. The van der Waals surface area contributed by atoms with E-state index >= 15 is 0 Å². The van der Waals surface area contributed by atoms with Gasteiger partial charge in [0, 0.05) is 33.5 Å². The number of hydrogen-bond acceptors (Lipinski definition) is 0. The topological polar surface area (TPSA) is 0 Å². The largest absolute Gasteiger partial charge is 0.438 e. The first-order valence-electron chi connectivity index (χ1n) is 1.82. The minimum atomic E-state index is -5.93. The van der Waals surface area contributed by atoms with Crippen LogP contribution in [0, 0.1) is 6.17 Å². The van der Waals surface area contributed by atoms with Crippen LogP contribution in [0.25, 0.3) is 0 Å². The summed E-state index contributed by atoms with van der Waals surface area (Å²) in [6.07, 6.45) is -15.8. The Bertz CT molecular complexity index is 97.8. The van der Waals surface area contributed by atoms with E-state index in [1.807, 2.05) is 0 Å². The van der Waals surface area contributed by atoms with E-state index in [0.29, 0.717) is 0 Å². The van der Waals surface area contributed by atoms with E-state index in [1.165, 1.54) is 0 Å². The van der Waals surface area contributed by atoms with Crippen molar-refractivity contribution in [2.75, 3.05) is 0 Å². The molecule has 0 spiro atoms. The molecule has 0 aliphatic heterocycles. The van der Waals surface area contributed by atoms with Crippen molar-refractivity contribution >= 4 is 0 Å². The molecule has 0 N–H and O–H groups in total. The summed E-state index contributed by atoms with van der Waals surface area (Å²) >= 11 is 0. The average molecular weight is 281 g/mol. The second-order valence-corrected chi connectivity index (χ2v) is 1.31. The van der Waals surface area contributed by atoms with Crippen LogP contribution in [0.2, 0.25) is 0 Å². The zero-order valence-corrected chi connectivity index (χ0v) is 8.89. The van der Waals surface area contributed by atoms with Crippen molar-refractivity contribution in [1.82, 2.24) is 0 Å². The van der Waals surface area contributed by atoms with E-state index in [2.05, 4.69) is 0 Å². The van der Waals surface area contributed by atoms with Crippen LogP contribution in [0.4, 0.5) is 30.7 Å². The molecule has 0 saturated carbocycles. The number of halogens is 7. The molecule has 0 aliphatic rings. The second-order valence-electron chi connectivity index (χ2n) is 1.31. The van der Waals surface area contributed by atoms with Gasteiger partial charge in [-0.05, 0) is 0 Å². The van der Waals surface area contributed by atoms with Crippen LogP contribution in [0.3, 0.4) is 0 Å². The summed E-state index contributed by atoms with van der Waals surface area (Å²) in [4.78, 5) is 0. The molecule has 0 aromatic carbocycles. The fourth-order valence-electron chi connectivity index (χ4n) is 0.161. The van der Waals surface area contributed by atoms with Crippen LogP contribution in [0.1, 0.15) is 0 Å². The summed E-state index contributed by atoms with van der Waals surface area (Å²) in [7, 11) is 0. The van der Waals surface area contributed by atoms with Gasteiger partial charge in [0.2, 0.25) is 0 Å². The van der Waals surface area contributed by atoms with Crippen LogP contribution < -0.4 is 0 Å². The Labute approximate surface area is 76.9 Å². The number of alkyl halides is 6. The minimum absolute atomic E-state index is 0. The summed E-state index contributed by atoms with van der Waals surface area (Å²) < 4.78 is 76.0. The predicted octanol–water partition coefficient (Wildman–Crippen LogP) is 2.61. The fraction of sp³-hybridized carbons (Fsp3) is 0.667. The minimum Gasteiger partial charge on any atom is -0.438 e. The van der Waals surface area contributed by atoms with Crippen molar-refractivity contribution in [1.29, 1.82) is 0 Å². The van der Waals surface area contributed by atoms with Crippen molar-refractivity contribution in [3.8, 4) is 0 Å². The SMILES string of the molecule is F[C-](C(F)(F)F)C(F)(F)F.[Cd]. The molecule has 0 saturated heterocycles. The van der Waals surface area contributed by atoms with Crippen molar-refractivity contribution in [3.05, 3.63) is 6.17 Å². The molecule has 0 amide bonds. The van der Waals surface area contributed by atoms with Crippen LogP contribution in [-0.2, 0) is 27.3 Å². The van der Waals surface area contributed by atoms with Gasteiger partial charge in [0.1, 0.15) is 0 Å². The molecular formula is C3CdF7-. The first-order chi connectivity index (χ1) is 4.15. The van der Waals surface area contributed by atoms with E-state index in [9.17, 15) is 30.7 Å². The summed E-state index contributed by atoms with van der Waals surface area (Å²) in [5.74, 6) is 0. The van der Waals surface area contributed by atoms with Gasteiger partial charge in [0.05, 0.1) is 0 Å². The second kappa shape index (κ2) is 3.90. The van der Waals surface area contributed by atoms with Crippen LogP contribution in [0.5, 0.6) is 0 Å². The standard InChI is InChI=1S/C3F7.Cd/c4-1(2(5,6)7)3(8,9)10;/q-1;. The molecule has 0 nitrogen and oxygen atoms in total. The third-order valence-corrected chi connectivity index (χ3v) is 0.498. The van der Waals surface area contributed by atoms with E-state index < -0.39 is 18.5 Å². The first-order valence-corrected chi connectivity index (χ1v) is 1.82. The molecule has 0 heterocycles. The van der Waals surface area contributed by atoms with E-state index in [0.717, 1.165) is 0 Å². The van der Waals surface area contributed by atoms with E-state index in [1.54, 1.807) is 0 Å². The van der Waals surface area contributed by atoms with Gasteiger partial charge in [-0.3, -0.25) is 0 Å². The molecule has 0 aliphatic carbocycles. The van der Waals surface area contributed by atoms with Gasteiger partial charge >= 0.3 is 12.4 Å². The van der Waals surface area contributed by atoms with Crippen molar-refractivity contribution < 1.29 is 58.0 Å². The van der Waals surface area contributed by atoms with E-state index in [4.69, 9.17) is 0 Å². The van der Waals surface area contributed by atoms with Crippen molar-refractivity contribution in [2.45, 2.75) is 12.4 Å². The first kappa shape index (κ1) is 14.0. The number of rotatable bonds is 0. The van der Waals surface area contributed by atoms with Gasteiger partial charge in [0.15, 0.2) is 0 Å². The molecule has 0 radical (unpaired) electrons. The summed E-state index contributed by atoms with van der Waals surface area (Å²) in [6, 6.07) is 0. The quantitative estimate of drug-likeness (QED) is 0.364. The third-order valence-electron chi connectivity index (χ3n) is 0.498. The zero-order valence-electron chi connectivity index (χ0n) is 4.85. The maximum absolute atomic E-state index is 11.1. The molecule has 0 fully saturated rings. The molecule has 11 heavy (non-hydrogen) atoms. The Morgan fingerprint density at radius 2 is 0.909 bits per heavy atom. The third kappa shape index (κ3) is 4.80. The monoisotopic (exact) mass is 283 g/mol. The van der Waals surface area contributed by atoms with Gasteiger partial charge in [-0.2, -0.15) is 0 Å². The maximum atomic E-state index is 11.1. The molecule has 64 valence electrons. The van der Waals surface area contributed by atoms with Crippen LogP contribution >= 0.6 is 0 Å². The van der Waals surface area contributed by atoms with Crippen LogP contribution in [0.15, 0.2) is 0 Å². The Kier molecular flexibility index (Phi) is 4.95. The zero-order chi connectivity index (χ0) is 8.58. The molecule has 0 rings (SSSR count). The molecule has 8 heteroatoms. The summed E-state index contributed by atoms with van der Waals surface area (Å²) in [6.45, 7) is 0. The molecule has 0 bridgehead atoms. The van der Waals surface area contributed by atoms with Crippen molar-refractivity contribution in [3.63, 3.8) is 0 Å². The number of hydrogen-bond donors (Lipinski definition) is 0. The average Bonchev–Trinajstić information content (AvgIpc) is 1.59. The Hall–Kier alpha value is 0.432. The molecule has 0 aromatic heterocycles. The Balaban J connectivity index is 0. The van der Waals surface area contributed by atoms with E-state index in [-0.39, 0.29) is 27.3 Å². The normalized spacial score (nSPS) is 13.1. The van der Waals surface area contributed by atoms with Gasteiger partial charge < -0.3 is 4.39 Å². The van der Waals surface area contributed by atoms with Gasteiger partial charge in [0.25, 0.3) is 0 Å². The van der Waals surface area contributed by atoms with Gasteiger partial charge in [-0.15, -0.1) is 0 Å². The summed E-state index contributed by atoms with van der Waals surface area (Å²) in [5, 5.41) is 0. The molecular weight excluding hydrogens is 281 g/mol. The molecule has 0 unspecified atom stereocenters. The van der Waals surface area contributed by atoms with Crippen LogP contribution in [-0.4, -0.2) is 12.4 Å². The smallest absolute Gasteiger partial charge is 0.307 e.